The summed E-state index contributed by atoms with van der Waals surface area (Å²) in [5.41, 5.74) is -0.587. The molecule has 1 saturated carbocycles. The number of hydrogen-bond donors (Lipinski definition) is 1. The molecule has 0 aromatic heterocycles. The lowest BCUT2D eigenvalue weighted by Gasteiger charge is -2.29. The van der Waals surface area contributed by atoms with Crippen LogP contribution in [0.15, 0.2) is 0 Å². The second-order valence-corrected chi connectivity index (χ2v) is 5.99. The number of carbonyl (C=O) groups is 2. The van der Waals surface area contributed by atoms with E-state index in [1.54, 1.807) is 20.8 Å². The molecule has 0 aromatic carbocycles. The summed E-state index contributed by atoms with van der Waals surface area (Å²) in [6.45, 7) is 7.39. The quantitative estimate of drug-likeness (QED) is 0.759. The number of aliphatic carboxylic acids is 1. The zero-order valence-electron chi connectivity index (χ0n) is 10.6. The largest absolute Gasteiger partial charge is 0.480 e. The highest BCUT2D eigenvalue weighted by Crippen LogP contribution is 2.53. The Kier molecular flexibility index (Phi) is 2.60. The lowest BCUT2D eigenvalue weighted by atomic mass is 10.1. The fourth-order valence-electron chi connectivity index (χ4n) is 2.70. The predicted molar refractivity (Wildman–Crippen MR) is 60.6 cm³/mol. The first-order chi connectivity index (χ1) is 7.72. The normalized spacial score (nSPS) is 35.4. The number of ether oxygens (including phenoxy) is 1. The van der Waals surface area contributed by atoms with Gasteiger partial charge in [-0.05, 0) is 39.0 Å². The smallest absolute Gasteiger partial charge is 0.411 e. The van der Waals surface area contributed by atoms with Gasteiger partial charge in [-0.25, -0.2) is 9.59 Å². The van der Waals surface area contributed by atoms with E-state index in [4.69, 9.17) is 9.84 Å². The van der Waals surface area contributed by atoms with E-state index < -0.39 is 23.7 Å². The van der Waals surface area contributed by atoms with Crippen LogP contribution in [0.5, 0.6) is 0 Å². The van der Waals surface area contributed by atoms with Gasteiger partial charge in [0.2, 0.25) is 0 Å². The number of carboxylic acid groups (broad SMARTS) is 1. The lowest BCUT2D eigenvalue weighted by molar-refractivity contribution is -0.142. The Bertz CT molecular complexity index is 360. The van der Waals surface area contributed by atoms with Crippen molar-refractivity contribution in [3.63, 3.8) is 0 Å². The van der Waals surface area contributed by atoms with Crippen molar-refractivity contribution in [1.82, 2.24) is 4.90 Å². The van der Waals surface area contributed by atoms with Crippen molar-refractivity contribution in [2.75, 3.05) is 0 Å². The molecule has 96 valence electrons. The van der Waals surface area contributed by atoms with Crippen LogP contribution in [-0.2, 0) is 9.53 Å². The zero-order chi connectivity index (χ0) is 13.0. The minimum Gasteiger partial charge on any atom is -0.480 e. The second kappa shape index (κ2) is 3.62. The molecule has 2 aliphatic rings. The summed E-state index contributed by atoms with van der Waals surface area (Å²) < 4.78 is 5.27. The van der Waals surface area contributed by atoms with Crippen molar-refractivity contribution < 1.29 is 19.4 Å². The van der Waals surface area contributed by atoms with Gasteiger partial charge in [-0.15, -0.1) is 0 Å². The van der Waals surface area contributed by atoms with Crippen molar-refractivity contribution >= 4 is 12.1 Å². The van der Waals surface area contributed by atoms with Crippen molar-refractivity contribution in [2.45, 2.75) is 51.8 Å². The van der Waals surface area contributed by atoms with E-state index in [1.807, 2.05) is 6.92 Å². The highest BCUT2D eigenvalue weighted by atomic mass is 16.6. The minimum atomic E-state index is -0.935. The molecule has 0 bridgehead atoms. The summed E-state index contributed by atoms with van der Waals surface area (Å²) in [4.78, 5) is 24.5. The topological polar surface area (TPSA) is 66.8 Å². The molecule has 2 rings (SSSR count). The summed E-state index contributed by atoms with van der Waals surface area (Å²) in [5.74, 6) is -0.197. The average molecular weight is 241 g/mol. The van der Waals surface area contributed by atoms with Gasteiger partial charge in [-0.2, -0.15) is 0 Å². The van der Waals surface area contributed by atoms with E-state index in [0.717, 1.165) is 0 Å². The summed E-state index contributed by atoms with van der Waals surface area (Å²) in [6, 6.07) is -0.651. The zero-order valence-corrected chi connectivity index (χ0v) is 10.6. The van der Waals surface area contributed by atoms with Crippen LogP contribution in [0.25, 0.3) is 0 Å². The van der Waals surface area contributed by atoms with Crippen LogP contribution in [0.1, 0.15) is 34.1 Å². The number of amides is 1. The lowest BCUT2D eigenvalue weighted by Crippen LogP contribution is -2.46. The molecule has 1 saturated heterocycles. The molecule has 17 heavy (non-hydrogen) atoms. The monoisotopic (exact) mass is 241 g/mol. The molecule has 5 heteroatoms. The van der Waals surface area contributed by atoms with Crippen molar-refractivity contribution in [3.8, 4) is 0 Å². The third kappa shape index (κ3) is 2.10. The second-order valence-electron chi connectivity index (χ2n) is 5.99. The molecule has 1 aliphatic carbocycles. The summed E-state index contributed by atoms with van der Waals surface area (Å²) >= 11 is 0. The molecule has 0 radical (unpaired) electrons. The summed E-state index contributed by atoms with van der Waals surface area (Å²) in [6.07, 6.45) is 0.0576. The molecule has 1 aliphatic heterocycles. The van der Waals surface area contributed by atoms with Crippen LogP contribution < -0.4 is 0 Å². The fraction of sp³-hybridized carbons (Fsp3) is 0.833. The molecular weight excluding hydrogens is 222 g/mol. The molecule has 4 atom stereocenters. The Morgan fingerprint density at radius 2 is 1.94 bits per heavy atom. The first-order valence-corrected chi connectivity index (χ1v) is 5.96. The van der Waals surface area contributed by atoms with Gasteiger partial charge in [-0.3, -0.25) is 4.90 Å². The highest BCUT2D eigenvalue weighted by Gasteiger charge is 2.62. The molecule has 1 heterocycles. The molecule has 0 unspecified atom stereocenters. The average Bonchev–Trinajstić information content (AvgIpc) is 2.61. The summed E-state index contributed by atoms with van der Waals surface area (Å²) in [7, 11) is 0. The molecule has 0 aromatic rings. The molecule has 1 N–H and O–H groups in total. The number of carboxylic acids is 1. The number of rotatable bonds is 1. The molecule has 5 nitrogen and oxygen atoms in total. The van der Waals surface area contributed by atoms with Crippen LogP contribution >= 0.6 is 0 Å². The number of piperidine rings is 1. The van der Waals surface area contributed by atoms with Crippen molar-refractivity contribution in [1.29, 1.82) is 0 Å². The Morgan fingerprint density at radius 1 is 1.35 bits per heavy atom. The van der Waals surface area contributed by atoms with Crippen molar-refractivity contribution in [2.24, 2.45) is 11.8 Å². The maximum absolute atomic E-state index is 12.0. The molecule has 2 fully saturated rings. The van der Waals surface area contributed by atoms with Gasteiger partial charge in [0.15, 0.2) is 0 Å². The van der Waals surface area contributed by atoms with Gasteiger partial charge >= 0.3 is 12.1 Å². The van der Waals surface area contributed by atoms with E-state index in [2.05, 4.69) is 0 Å². The van der Waals surface area contributed by atoms with Crippen LogP contribution in [-0.4, -0.2) is 39.8 Å². The SMILES string of the molecule is C[C@H]1[C@H]2C[C@@H](C(=O)O)N(C(=O)OC(C)(C)C)[C@@H]12. The maximum atomic E-state index is 12.0. The van der Waals surface area contributed by atoms with Crippen LogP contribution in [0.4, 0.5) is 4.79 Å². The molecule has 1 amide bonds. The minimum absolute atomic E-state index is 0.0611. The van der Waals surface area contributed by atoms with Gasteiger partial charge < -0.3 is 9.84 Å². The number of likely N-dealkylation sites (tertiary alicyclic amines) is 1. The maximum Gasteiger partial charge on any atom is 0.411 e. The molecule has 0 spiro atoms. The van der Waals surface area contributed by atoms with Gasteiger partial charge in [-0.1, -0.05) is 6.92 Å². The van der Waals surface area contributed by atoms with E-state index in [9.17, 15) is 9.59 Å². The molecular formula is C12H19NO4. The van der Waals surface area contributed by atoms with E-state index in [1.165, 1.54) is 4.90 Å². The fourth-order valence-corrected chi connectivity index (χ4v) is 2.70. The third-order valence-electron chi connectivity index (χ3n) is 3.55. The summed E-state index contributed by atoms with van der Waals surface area (Å²) in [5, 5.41) is 9.11. The number of nitrogens with zero attached hydrogens (tertiary/aromatic N) is 1. The Balaban J connectivity index is 2.11. The van der Waals surface area contributed by atoms with Crippen molar-refractivity contribution in [3.05, 3.63) is 0 Å². The number of fused-ring (bicyclic) bond motifs is 1. The number of hydrogen-bond acceptors (Lipinski definition) is 3. The van der Waals surface area contributed by atoms with Gasteiger partial charge in [0, 0.05) is 6.04 Å². The van der Waals surface area contributed by atoms with E-state index in [0.29, 0.717) is 18.3 Å². The highest BCUT2D eigenvalue weighted by molar-refractivity contribution is 5.82. The predicted octanol–water partition coefficient (Wildman–Crippen LogP) is 1.71. The Hall–Kier alpha value is -1.26. The number of carbonyl (C=O) groups excluding carboxylic acids is 1. The standard InChI is InChI=1S/C12H19NO4/c1-6-7-5-8(10(14)15)13(9(6)7)11(16)17-12(2,3)4/h6-9H,5H2,1-4H3,(H,14,15)/t6-,7+,8-,9-/m0/s1. The van der Waals surface area contributed by atoms with E-state index in [-0.39, 0.29) is 6.04 Å². The Labute approximate surface area is 101 Å². The van der Waals surface area contributed by atoms with Crippen LogP contribution in [0.3, 0.4) is 0 Å². The third-order valence-corrected chi connectivity index (χ3v) is 3.55. The first-order valence-electron chi connectivity index (χ1n) is 5.96. The van der Waals surface area contributed by atoms with Crippen LogP contribution in [0, 0.1) is 11.8 Å². The van der Waals surface area contributed by atoms with Gasteiger partial charge in [0.25, 0.3) is 0 Å². The van der Waals surface area contributed by atoms with E-state index >= 15 is 0 Å². The Morgan fingerprint density at radius 3 is 2.41 bits per heavy atom. The first kappa shape index (κ1) is 12.2. The van der Waals surface area contributed by atoms with Crippen LogP contribution in [0.2, 0.25) is 0 Å². The van der Waals surface area contributed by atoms with Gasteiger partial charge in [0.1, 0.15) is 11.6 Å². The van der Waals surface area contributed by atoms with Gasteiger partial charge in [0.05, 0.1) is 0 Å².